The molecule has 0 spiro atoms. The number of halogens is 1. The summed E-state index contributed by atoms with van der Waals surface area (Å²) in [7, 11) is 3.70. The molecule has 0 aliphatic heterocycles. The van der Waals surface area contributed by atoms with Gasteiger partial charge in [0, 0.05) is 49.0 Å². The van der Waals surface area contributed by atoms with Gasteiger partial charge in [-0.25, -0.2) is 0 Å². The van der Waals surface area contributed by atoms with E-state index in [4.69, 9.17) is 21.5 Å². The highest BCUT2D eigenvalue weighted by molar-refractivity contribution is 7.98. The van der Waals surface area contributed by atoms with Crippen LogP contribution < -0.4 is 0 Å². The van der Waals surface area contributed by atoms with Crippen LogP contribution in [0.4, 0.5) is 0 Å². The molecule has 1 N–H and O–H groups in total. The molecule has 1 aromatic carbocycles. The SMILES string of the molecule is CSc1cc(C(=N)N(C)C)ccc1-c1cc(CCC(=O)c2ccc(Cl)s2)on1. The Labute approximate surface area is 177 Å². The number of nitrogens with zero attached hydrogens (tertiary/aromatic N) is 2. The van der Waals surface area contributed by atoms with E-state index in [2.05, 4.69) is 5.16 Å². The molecular formula is C20H20ClN3O2S2. The van der Waals surface area contributed by atoms with Crippen LogP contribution in [0.25, 0.3) is 11.3 Å². The minimum absolute atomic E-state index is 0.0474. The first kappa shape index (κ1) is 20.6. The molecule has 2 heterocycles. The highest BCUT2D eigenvalue weighted by Gasteiger charge is 2.15. The smallest absolute Gasteiger partial charge is 0.173 e. The van der Waals surface area contributed by atoms with E-state index in [9.17, 15) is 4.79 Å². The number of aryl methyl sites for hydroxylation is 1. The zero-order valence-corrected chi connectivity index (χ0v) is 18.2. The molecule has 0 aliphatic rings. The summed E-state index contributed by atoms with van der Waals surface area (Å²) in [5.41, 5.74) is 2.53. The van der Waals surface area contributed by atoms with Crippen molar-refractivity contribution in [3.05, 3.63) is 56.9 Å². The van der Waals surface area contributed by atoms with Crippen LogP contribution in [0, 0.1) is 5.41 Å². The minimum Gasteiger partial charge on any atom is -0.363 e. The van der Waals surface area contributed by atoms with Crippen molar-refractivity contribution in [1.29, 1.82) is 5.41 Å². The molecule has 0 unspecified atom stereocenters. The van der Waals surface area contributed by atoms with Crippen molar-refractivity contribution in [3.63, 3.8) is 0 Å². The number of Topliss-reactive ketones (excluding diaryl/α,β-unsaturated/α-hetero) is 1. The summed E-state index contributed by atoms with van der Waals surface area (Å²) in [5, 5.41) is 12.3. The predicted molar refractivity (Wildman–Crippen MR) is 116 cm³/mol. The molecule has 2 aromatic heterocycles. The van der Waals surface area contributed by atoms with Crippen LogP contribution in [0.5, 0.6) is 0 Å². The summed E-state index contributed by atoms with van der Waals surface area (Å²) in [5.74, 6) is 1.17. The average molecular weight is 434 g/mol. The lowest BCUT2D eigenvalue weighted by Crippen LogP contribution is -2.21. The van der Waals surface area contributed by atoms with Gasteiger partial charge < -0.3 is 9.42 Å². The number of ketones is 1. The van der Waals surface area contributed by atoms with Crippen LogP contribution in [-0.2, 0) is 6.42 Å². The van der Waals surface area contributed by atoms with Gasteiger partial charge in [-0.3, -0.25) is 10.2 Å². The summed E-state index contributed by atoms with van der Waals surface area (Å²) in [6.45, 7) is 0. The van der Waals surface area contributed by atoms with Crippen molar-refractivity contribution >= 4 is 46.3 Å². The van der Waals surface area contributed by atoms with Gasteiger partial charge in [0.1, 0.15) is 17.3 Å². The van der Waals surface area contributed by atoms with Crippen molar-refractivity contribution in [2.75, 3.05) is 20.4 Å². The molecule has 146 valence electrons. The molecule has 0 saturated carbocycles. The number of carbonyl (C=O) groups excluding carboxylic acids is 1. The van der Waals surface area contributed by atoms with Gasteiger partial charge in [0.15, 0.2) is 5.78 Å². The molecule has 0 amide bonds. The molecular weight excluding hydrogens is 414 g/mol. The largest absolute Gasteiger partial charge is 0.363 e. The van der Waals surface area contributed by atoms with Gasteiger partial charge in [0.05, 0.1) is 9.21 Å². The number of carbonyl (C=O) groups is 1. The standard InChI is InChI=1S/C20H20ClN3O2S2/c1-24(2)20(22)12-4-6-14(18(10-12)27-3)15-11-13(26-23-15)5-7-16(25)17-8-9-19(21)28-17/h4,6,8-11,22H,5,7H2,1-3H3. The van der Waals surface area contributed by atoms with E-state index in [1.807, 2.05) is 44.6 Å². The van der Waals surface area contributed by atoms with Crippen LogP contribution >= 0.6 is 34.7 Å². The zero-order chi connectivity index (χ0) is 20.3. The molecule has 8 heteroatoms. The molecule has 3 rings (SSSR count). The minimum atomic E-state index is 0.0474. The highest BCUT2D eigenvalue weighted by atomic mass is 35.5. The van der Waals surface area contributed by atoms with E-state index in [1.54, 1.807) is 28.8 Å². The van der Waals surface area contributed by atoms with Gasteiger partial charge in [-0.1, -0.05) is 28.9 Å². The molecule has 0 radical (unpaired) electrons. The normalized spacial score (nSPS) is 10.9. The number of benzene rings is 1. The fraction of sp³-hybridized carbons (Fsp3) is 0.250. The Morgan fingerprint density at radius 1 is 1.29 bits per heavy atom. The Kier molecular flexibility index (Phi) is 6.59. The molecule has 0 aliphatic carbocycles. The Hall–Kier alpha value is -2.09. The second-order valence-corrected chi connectivity index (χ2v) is 8.93. The van der Waals surface area contributed by atoms with E-state index in [1.165, 1.54) is 11.3 Å². The van der Waals surface area contributed by atoms with Gasteiger partial charge in [0.25, 0.3) is 0 Å². The molecule has 28 heavy (non-hydrogen) atoms. The van der Waals surface area contributed by atoms with Gasteiger partial charge in [0.2, 0.25) is 0 Å². The van der Waals surface area contributed by atoms with Crippen molar-refractivity contribution in [3.8, 4) is 11.3 Å². The maximum atomic E-state index is 12.2. The van der Waals surface area contributed by atoms with Gasteiger partial charge in [-0.2, -0.15) is 0 Å². The summed E-state index contributed by atoms with van der Waals surface area (Å²) in [6.07, 6.45) is 2.83. The van der Waals surface area contributed by atoms with E-state index in [0.717, 1.165) is 21.7 Å². The van der Waals surface area contributed by atoms with Gasteiger partial charge in [-0.15, -0.1) is 23.1 Å². The number of thiophene rings is 1. The number of aromatic nitrogens is 1. The lowest BCUT2D eigenvalue weighted by Gasteiger charge is -2.15. The molecule has 0 saturated heterocycles. The van der Waals surface area contributed by atoms with Gasteiger partial charge >= 0.3 is 0 Å². The third-order valence-corrected chi connectivity index (χ3v) is 6.25. The number of rotatable bonds is 7. The maximum absolute atomic E-state index is 12.2. The van der Waals surface area contributed by atoms with E-state index >= 15 is 0 Å². The fourth-order valence-electron chi connectivity index (χ4n) is 2.69. The molecule has 3 aromatic rings. The molecule has 0 fully saturated rings. The Morgan fingerprint density at radius 3 is 2.71 bits per heavy atom. The average Bonchev–Trinajstić information content (AvgIpc) is 3.34. The van der Waals surface area contributed by atoms with Crippen molar-refractivity contribution in [1.82, 2.24) is 10.1 Å². The van der Waals surface area contributed by atoms with Crippen molar-refractivity contribution in [2.45, 2.75) is 17.7 Å². The first-order valence-electron chi connectivity index (χ1n) is 8.58. The van der Waals surface area contributed by atoms with E-state index in [-0.39, 0.29) is 5.78 Å². The summed E-state index contributed by atoms with van der Waals surface area (Å²) >= 11 is 8.78. The first-order chi connectivity index (χ1) is 13.4. The van der Waals surface area contributed by atoms with Crippen LogP contribution in [0.1, 0.15) is 27.4 Å². The highest BCUT2D eigenvalue weighted by Crippen LogP contribution is 2.31. The number of thioether (sulfide) groups is 1. The topological polar surface area (TPSA) is 70.2 Å². The number of hydrogen-bond acceptors (Lipinski definition) is 6. The Morgan fingerprint density at radius 2 is 2.07 bits per heavy atom. The lowest BCUT2D eigenvalue weighted by molar-refractivity contribution is 0.0984. The summed E-state index contributed by atoms with van der Waals surface area (Å²) in [4.78, 5) is 15.7. The predicted octanol–water partition coefficient (Wildman–Crippen LogP) is 5.48. The summed E-state index contributed by atoms with van der Waals surface area (Å²) < 4.78 is 6.05. The van der Waals surface area contributed by atoms with Gasteiger partial charge in [-0.05, 0) is 24.5 Å². The van der Waals surface area contributed by atoms with E-state index in [0.29, 0.717) is 33.7 Å². The monoisotopic (exact) mass is 433 g/mol. The third-order valence-electron chi connectivity index (χ3n) is 4.20. The maximum Gasteiger partial charge on any atom is 0.173 e. The first-order valence-corrected chi connectivity index (χ1v) is 11.0. The van der Waals surface area contributed by atoms with Crippen LogP contribution in [0.2, 0.25) is 4.34 Å². The van der Waals surface area contributed by atoms with Crippen LogP contribution in [0.3, 0.4) is 0 Å². The van der Waals surface area contributed by atoms with Crippen molar-refractivity contribution in [2.24, 2.45) is 0 Å². The third kappa shape index (κ3) is 4.66. The summed E-state index contributed by atoms with van der Waals surface area (Å²) in [6, 6.07) is 11.2. The Bertz CT molecular complexity index is 1010. The van der Waals surface area contributed by atoms with Crippen molar-refractivity contribution < 1.29 is 9.32 Å². The Balaban J connectivity index is 1.74. The lowest BCUT2D eigenvalue weighted by atomic mass is 10.1. The number of nitrogens with one attached hydrogen (secondary N) is 1. The number of hydrogen-bond donors (Lipinski definition) is 1. The molecule has 0 atom stereocenters. The second-order valence-electron chi connectivity index (χ2n) is 6.36. The molecule has 5 nitrogen and oxygen atoms in total. The quantitative estimate of drug-likeness (QED) is 0.231. The van der Waals surface area contributed by atoms with Crippen LogP contribution in [-0.4, -0.2) is 42.0 Å². The molecule has 0 bridgehead atoms. The zero-order valence-electron chi connectivity index (χ0n) is 15.8. The van der Waals surface area contributed by atoms with E-state index < -0.39 is 0 Å². The van der Waals surface area contributed by atoms with Crippen LogP contribution in [0.15, 0.2) is 45.8 Å². The fourth-order valence-corrected chi connectivity index (χ4v) is 4.34. The second kappa shape index (κ2) is 8.94. The number of amidine groups is 1.